The highest BCUT2D eigenvalue weighted by molar-refractivity contribution is 7.89. The third kappa shape index (κ3) is 3.66. The monoisotopic (exact) mass is 319 g/mol. The van der Waals surface area contributed by atoms with Crippen molar-refractivity contribution in [2.45, 2.75) is 23.9 Å². The first-order chi connectivity index (χ1) is 9.45. The molecule has 6 nitrogen and oxygen atoms in total. The van der Waals surface area contributed by atoms with E-state index in [9.17, 15) is 8.42 Å². The predicted octanol–water partition coefficient (Wildman–Crippen LogP) is 1.16. The molecule has 0 spiro atoms. The molecule has 1 aromatic carbocycles. The fraction of sp³-hybridized carbons (Fsp3) is 0.500. The third-order valence-electron chi connectivity index (χ3n) is 3.04. The lowest BCUT2D eigenvalue weighted by Crippen LogP contribution is -2.61. The number of benzene rings is 1. The summed E-state index contributed by atoms with van der Waals surface area (Å²) in [5, 5.41) is 0. The molecule has 0 amide bonds. The zero-order valence-electron chi connectivity index (χ0n) is 12.1. The molecule has 20 heavy (non-hydrogen) atoms. The summed E-state index contributed by atoms with van der Waals surface area (Å²) < 4.78 is 43.3. The lowest BCUT2D eigenvalue weighted by atomic mass is 10.4. The molecule has 114 valence electrons. The van der Waals surface area contributed by atoms with E-state index in [1.165, 1.54) is 33.5 Å². The van der Waals surface area contributed by atoms with Crippen LogP contribution in [0.4, 0.5) is 0 Å². The summed E-state index contributed by atoms with van der Waals surface area (Å²) in [7, 11) is -2.35. The van der Waals surface area contributed by atoms with E-state index >= 15 is 0 Å². The van der Waals surface area contributed by atoms with Gasteiger partial charge in [0.05, 0.1) is 10.6 Å². The topological polar surface area (TPSA) is 73.9 Å². The van der Waals surface area contributed by atoms with Crippen LogP contribution in [-0.2, 0) is 23.3 Å². The molecule has 0 aromatic heterocycles. The molecule has 0 saturated heterocycles. The summed E-state index contributed by atoms with van der Waals surface area (Å²) in [5.41, 5.74) is -0.548. The summed E-state index contributed by atoms with van der Waals surface area (Å²) in [5.74, 6) is 0. The van der Waals surface area contributed by atoms with Crippen molar-refractivity contribution in [2.24, 2.45) is 0 Å². The molecule has 0 saturated carbocycles. The van der Waals surface area contributed by atoms with Gasteiger partial charge in [0.25, 0.3) is 0 Å². The van der Waals surface area contributed by atoms with Gasteiger partial charge in [-0.1, -0.05) is 25.1 Å². The van der Waals surface area contributed by atoms with Crippen molar-refractivity contribution in [1.29, 1.82) is 0 Å². The second-order valence-corrected chi connectivity index (χ2v) is 8.95. The predicted molar refractivity (Wildman–Crippen MR) is 77.6 cm³/mol. The van der Waals surface area contributed by atoms with Crippen LogP contribution in [0, 0.1) is 0 Å². The van der Waals surface area contributed by atoms with Crippen LogP contribution in [0.5, 0.6) is 0 Å². The molecule has 8 heteroatoms. The largest absolute Gasteiger partial charge is 0.519 e. The Morgan fingerprint density at radius 2 is 1.60 bits per heavy atom. The molecular weight excluding hydrogens is 298 g/mol. The maximum atomic E-state index is 12.3. The molecule has 0 aliphatic carbocycles. The van der Waals surface area contributed by atoms with Crippen molar-refractivity contribution in [3.05, 3.63) is 30.3 Å². The summed E-state index contributed by atoms with van der Waals surface area (Å²) in [6, 6.07) is 8.16. The van der Waals surface area contributed by atoms with E-state index in [0.29, 0.717) is 6.42 Å². The van der Waals surface area contributed by atoms with E-state index in [1.807, 2.05) is 6.92 Å². The lowest BCUT2D eigenvalue weighted by molar-refractivity contribution is 0.110. The van der Waals surface area contributed by atoms with Crippen molar-refractivity contribution in [3.63, 3.8) is 0 Å². The Hall–Kier alpha value is -0.773. The van der Waals surface area contributed by atoms with E-state index in [4.69, 9.17) is 13.3 Å². The number of hydrogen-bond acceptors (Lipinski definition) is 5. The Balaban J connectivity index is 3.05. The zero-order chi connectivity index (χ0) is 15.2. The van der Waals surface area contributed by atoms with Crippen LogP contribution >= 0.6 is 0 Å². The van der Waals surface area contributed by atoms with Gasteiger partial charge in [-0.15, -0.1) is 0 Å². The molecule has 0 aliphatic heterocycles. The van der Waals surface area contributed by atoms with Gasteiger partial charge in [0.15, 0.2) is 0 Å². The fourth-order valence-electron chi connectivity index (χ4n) is 1.94. The van der Waals surface area contributed by atoms with Crippen LogP contribution in [0.25, 0.3) is 0 Å². The number of nitrogens with one attached hydrogen (secondary N) is 1. The average Bonchev–Trinajstić information content (AvgIpc) is 2.49. The molecular formula is C12H21NO5SSi. The van der Waals surface area contributed by atoms with Gasteiger partial charge >= 0.3 is 8.80 Å². The van der Waals surface area contributed by atoms with E-state index < -0.39 is 24.5 Å². The standard InChI is InChI=1S/C12H21NO5SSi/c1-5-12(20(16-2,17-3)18-4)13-19(14,15)11-9-7-6-8-10-11/h6-10,12-13H,5H2,1-4H3. The van der Waals surface area contributed by atoms with Crippen LogP contribution in [0.15, 0.2) is 35.2 Å². The molecule has 0 heterocycles. The average molecular weight is 319 g/mol. The second-order valence-electron chi connectivity index (χ2n) is 4.11. The third-order valence-corrected chi connectivity index (χ3v) is 7.85. The van der Waals surface area contributed by atoms with Crippen LogP contribution < -0.4 is 4.72 Å². The van der Waals surface area contributed by atoms with Gasteiger partial charge in [0, 0.05) is 21.3 Å². The Morgan fingerprint density at radius 1 is 1.10 bits per heavy atom. The first kappa shape index (κ1) is 17.3. The van der Waals surface area contributed by atoms with E-state index in [0.717, 1.165) is 0 Å². The van der Waals surface area contributed by atoms with Gasteiger partial charge in [-0.3, -0.25) is 0 Å². The summed E-state index contributed by atoms with van der Waals surface area (Å²) in [6.45, 7) is 1.84. The highest BCUT2D eigenvalue weighted by Crippen LogP contribution is 2.18. The SMILES string of the molecule is CCC(NS(=O)(=O)c1ccccc1)[Si](OC)(OC)OC. The Morgan fingerprint density at radius 3 is 2.00 bits per heavy atom. The summed E-state index contributed by atoms with van der Waals surface area (Å²) >= 11 is 0. The van der Waals surface area contributed by atoms with E-state index in [-0.39, 0.29) is 4.90 Å². The highest BCUT2D eigenvalue weighted by atomic mass is 32.2. The Bertz CT molecular complexity index is 496. The zero-order valence-corrected chi connectivity index (χ0v) is 13.9. The molecule has 1 rings (SSSR count). The normalized spacial score (nSPS) is 14.2. The van der Waals surface area contributed by atoms with E-state index in [2.05, 4.69) is 4.72 Å². The number of sulfonamides is 1. The van der Waals surface area contributed by atoms with E-state index in [1.54, 1.807) is 18.2 Å². The van der Waals surface area contributed by atoms with Crippen molar-refractivity contribution in [2.75, 3.05) is 21.3 Å². The molecule has 0 bridgehead atoms. The van der Waals surface area contributed by atoms with Crippen molar-refractivity contribution >= 4 is 18.8 Å². The van der Waals surface area contributed by atoms with Gasteiger partial charge in [-0.25, -0.2) is 13.1 Å². The highest BCUT2D eigenvalue weighted by Gasteiger charge is 2.48. The molecule has 0 fully saturated rings. The number of rotatable bonds is 8. The van der Waals surface area contributed by atoms with Crippen molar-refractivity contribution in [3.8, 4) is 0 Å². The van der Waals surface area contributed by atoms with Crippen LogP contribution in [0.1, 0.15) is 13.3 Å². The summed E-state index contributed by atoms with van der Waals surface area (Å²) in [6.07, 6.45) is 0.494. The van der Waals surface area contributed by atoms with Crippen molar-refractivity contribution in [1.82, 2.24) is 4.72 Å². The minimum Gasteiger partial charge on any atom is -0.376 e. The minimum atomic E-state index is -3.64. The number of hydrogen-bond donors (Lipinski definition) is 1. The van der Waals surface area contributed by atoms with Gasteiger partial charge in [0.2, 0.25) is 10.0 Å². The van der Waals surface area contributed by atoms with Gasteiger partial charge in [-0.05, 0) is 18.6 Å². The molecule has 1 aromatic rings. The summed E-state index contributed by atoms with van der Waals surface area (Å²) in [4.78, 5) is 0.199. The van der Waals surface area contributed by atoms with Crippen LogP contribution in [-0.4, -0.2) is 44.2 Å². The fourth-order valence-corrected chi connectivity index (χ4v) is 6.03. The van der Waals surface area contributed by atoms with Crippen LogP contribution in [0.3, 0.4) is 0 Å². The lowest BCUT2D eigenvalue weighted by Gasteiger charge is -2.32. The molecule has 1 atom stereocenters. The molecule has 0 aliphatic rings. The Labute approximate surface area is 121 Å². The Kier molecular flexibility index (Phi) is 6.30. The van der Waals surface area contributed by atoms with Gasteiger partial charge in [0.1, 0.15) is 0 Å². The first-order valence-corrected chi connectivity index (χ1v) is 9.47. The molecule has 1 unspecified atom stereocenters. The maximum absolute atomic E-state index is 12.3. The molecule has 0 radical (unpaired) electrons. The van der Waals surface area contributed by atoms with Crippen LogP contribution in [0.2, 0.25) is 0 Å². The van der Waals surface area contributed by atoms with Crippen molar-refractivity contribution < 1.29 is 21.7 Å². The smallest absolute Gasteiger partial charge is 0.376 e. The quantitative estimate of drug-likeness (QED) is 0.728. The second kappa shape index (κ2) is 7.30. The minimum absolute atomic E-state index is 0.199. The van der Waals surface area contributed by atoms with Gasteiger partial charge in [-0.2, -0.15) is 0 Å². The first-order valence-electron chi connectivity index (χ1n) is 6.18. The van der Waals surface area contributed by atoms with Gasteiger partial charge < -0.3 is 13.3 Å². The molecule has 1 N–H and O–H groups in total. The maximum Gasteiger partial charge on any atom is 0.519 e.